The highest BCUT2D eigenvalue weighted by molar-refractivity contribution is 5.54. The summed E-state index contributed by atoms with van der Waals surface area (Å²) in [5.74, 6) is 0. The van der Waals surface area contributed by atoms with Gasteiger partial charge in [0.2, 0.25) is 0 Å². The van der Waals surface area contributed by atoms with Crippen molar-refractivity contribution in [3.8, 4) is 0 Å². The number of aliphatic hydroxyl groups is 1. The number of hydrogen-bond acceptors (Lipinski definition) is 3. The van der Waals surface area contributed by atoms with Crippen LogP contribution in [0.2, 0.25) is 0 Å². The number of methoxy groups -OCH3 is 1. The molecular formula is C13H21NO2. The lowest BCUT2D eigenvalue weighted by Gasteiger charge is -2.28. The summed E-state index contributed by atoms with van der Waals surface area (Å²) in [5, 5.41) is 9.35. The van der Waals surface area contributed by atoms with Crippen LogP contribution in [0.3, 0.4) is 0 Å². The molecular weight excluding hydrogens is 202 g/mol. The van der Waals surface area contributed by atoms with Gasteiger partial charge in [0, 0.05) is 31.5 Å². The van der Waals surface area contributed by atoms with Crippen molar-refractivity contribution in [1.82, 2.24) is 0 Å². The number of hydrogen-bond donors (Lipinski definition) is 1. The minimum Gasteiger partial charge on any atom is -0.392 e. The van der Waals surface area contributed by atoms with Gasteiger partial charge in [0.15, 0.2) is 0 Å². The molecule has 1 atom stereocenters. The quantitative estimate of drug-likeness (QED) is 0.828. The molecule has 0 spiro atoms. The number of rotatable bonds is 5. The zero-order valence-electron chi connectivity index (χ0n) is 10.5. The van der Waals surface area contributed by atoms with E-state index in [2.05, 4.69) is 17.9 Å². The molecule has 0 aliphatic rings. The third kappa shape index (κ3) is 2.97. The van der Waals surface area contributed by atoms with Crippen molar-refractivity contribution in [3.05, 3.63) is 29.3 Å². The highest BCUT2D eigenvalue weighted by atomic mass is 16.5. The first-order valence-electron chi connectivity index (χ1n) is 5.52. The van der Waals surface area contributed by atoms with E-state index in [1.807, 2.05) is 26.1 Å². The fourth-order valence-corrected chi connectivity index (χ4v) is 1.78. The molecule has 1 rings (SSSR count). The summed E-state index contributed by atoms with van der Waals surface area (Å²) in [6.45, 7) is 4.88. The van der Waals surface area contributed by atoms with E-state index in [-0.39, 0.29) is 12.6 Å². The van der Waals surface area contributed by atoms with Gasteiger partial charge in [-0.3, -0.25) is 0 Å². The Morgan fingerprint density at radius 2 is 2.12 bits per heavy atom. The van der Waals surface area contributed by atoms with Crippen LogP contribution in [0.25, 0.3) is 0 Å². The maximum absolute atomic E-state index is 9.35. The van der Waals surface area contributed by atoms with Gasteiger partial charge in [-0.2, -0.15) is 0 Å². The van der Waals surface area contributed by atoms with E-state index in [1.165, 1.54) is 5.56 Å². The van der Waals surface area contributed by atoms with Crippen LogP contribution in [0.1, 0.15) is 18.1 Å². The molecule has 1 N–H and O–H groups in total. The predicted octanol–water partition coefficient (Wildman–Crippen LogP) is 1.96. The second kappa shape index (κ2) is 5.87. The van der Waals surface area contributed by atoms with Crippen LogP contribution in [-0.4, -0.2) is 31.9 Å². The van der Waals surface area contributed by atoms with E-state index in [0.717, 1.165) is 11.3 Å². The first kappa shape index (κ1) is 13.0. The van der Waals surface area contributed by atoms with Crippen molar-refractivity contribution in [3.63, 3.8) is 0 Å². The van der Waals surface area contributed by atoms with Crippen LogP contribution in [-0.2, 0) is 11.3 Å². The third-order valence-electron chi connectivity index (χ3n) is 2.85. The van der Waals surface area contributed by atoms with E-state index >= 15 is 0 Å². The molecule has 0 aliphatic carbocycles. The molecule has 0 aliphatic heterocycles. The molecule has 1 aromatic rings. The average molecular weight is 223 g/mol. The predicted molar refractivity (Wildman–Crippen MR) is 66.8 cm³/mol. The largest absolute Gasteiger partial charge is 0.392 e. The van der Waals surface area contributed by atoms with Gasteiger partial charge in [-0.25, -0.2) is 0 Å². The van der Waals surface area contributed by atoms with Gasteiger partial charge in [-0.05, 0) is 19.9 Å². The summed E-state index contributed by atoms with van der Waals surface area (Å²) in [4.78, 5) is 2.13. The monoisotopic (exact) mass is 223 g/mol. The lowest BCUT2D eigenvalue weighted by atomic mass is 10.1. The number of likely N-dealkylation sites (N-methyl/N-ethyl adjacent to an activating group) is 1. The molecule has 0 saturated heterocycles. The van der Waals surface area contributed by atoms with Crippen molar-refractivity contribution in [1.29, 1.82) is 0 Å². The Hall–Kier alpha value is -1.06. The topological polar surface area (TPSA) is 32.7 Å². The fourth-order valence-electron chi connectivity index (χ4n) is 1.78. The van der Waals surface area contributed by atoms with Gasteiger partial charge in [0.05, 0.1) is 13.2 Å². The van der Waals surface area contributed by atoms with Crippen molar-refractivity contribution in [2.75, 3.05) is 25.7 Å². The molecule has 1 aromatic carbocycles. The minimum absolute atomic E-state index is 0.0705. The number of nitrogens with zero attached hydrogens (tertiary/aromatic N) is 1. The maximum Gasteiger partial charge on any atom is 0.0702 e. The maximum atomic E-state index is 9.35. The number of anilines is 1. The molecule has 0 radical (unpaired) electrons. The lowest BCUT2D eigenvalue weighted by Crippen LogP contribution is -2.33. The fraction of sp³-hybridized carbons (Fsp3) is 0.538. The van der Waals surface area contributed by atoms with E-state index in [0.29, 0.717) is 6.61 Å². The lowest BCUT2D eigenvalue weighted by molar-refractivity contribution is 0.183. The summed E-state index contributed by atoms with van der Waals surface area (Å²) < 4.78 is 5.14. The van der Waals surface area contributed by atoms with Crippen LogP contribution < -0.4 is 4.90 Å². The Bertz CT molecular complexity index is 339. The molecule has 3 nitrogen and oxygen atoms in total. The summed E-state index contributed by atoms with van der Waals surface area (Å²) >= 11 is 0. The zero-order valence-corrected chi connectivity index (χ0v) is 10.5. The molecule has 0 bridgehead atoms. The molecule has 0 saturated carbocycles. The highest BCUT2D eigenvalue weighted by Gasteiger charge is 2.12. The van der Waals surface area contributed by atoms with Gasteiger partial charge in [-0.1, -0.05) is 17.7 Å². The molecule has 0 fully saturated rings. The summed E-state index contributed by atoms with van der Waals surface area (Å²) in [5.41, 5.74) is 3.20. The molecule has 3 heteroatoms. The van der Waals surface area contributed by atoms with Gasteiger partial charge in [0.1, 0.15) is 0 Å². The summed E-state index contributed by atoms with van der Waals surface area (Å²) in [7, 11) is 3.72. The number of benzene rings is 1. The van der Waals surface area contributed by atoms with Crippen molar-refractivity contribution >= 4 is 5.69 Å². The van der Waals surface area contributed by atoms with Crippen LogP contribution in [0.15, 0.2) is 18.2 Å². The second-order valence-corrected chi connectivity index (χ2v) is 4.21. The molecule has 16 heavy (non-hydrogen) atoms. The van der Waals surface area contributed by atoms with E-state index in [4.69, 9.17) is 4.74 Å². The van der Waals surface area contributed by atoms with Crippen LogP contribution in [0.5, 0.6) is 0 Å². The minimum atomic E-state index is 0.0705. The van der Waals surface area contributed by atoms with E-state index < -0.39 is 0 Å². The van der Waals surface area contributed by atoms with E-state index in [1.54, 1.807) is 7.11 Å². The van der Waals surface area contributed by atoms with Crippen LogP contribution in [0, 0.1) is 6.92 Å². The molecule has 90 valence electrons. The Morgan fingerprint density at radius 3 is 2.69 bits per heavy atom. The van der Waals surface area contributed by atoms with Crippen LogP contribution in [0.4, 0.5) is 5.69 Å². The average Bonchev–Trinajstić information content (AvgIpc) is 2.28. The number of aliphatic hydroxyl groups excluding tert-OH is 1. The first-order chi connectivity index (χ1) is 7.60. The summed E-state index contributed by atoms with van der Waals surface area (Å²) in [6, 6.07) is 6.42. The Labute approximate surface area is 97.7 Å². The number of ether oxygens (including phenoxy) is 1. The van der Waals surface area contributed by atoms with Gasteiger partial charge < -0.3 is 14.7 Å². The van der Waals surface area contributed by atoms with E-state index in [9.17, 15) is 5.11 Å². The van der Waals surface area contributed by atoms with Crippen molar-refractivity contribution in [2.24, 2.45) is 0 Å². The standard InChI is InChI=1S/C13H21NO2/c1-10-5-6-13(12(7-10)8-15)14(3)11(2)9-16-4/h5-7,11,15H,8-9H2,1-4H3. The Kier molecular flexibility index (Phi) is 4.77. The van der Waals surface area contributed by atoms with Crippen molar-refractivity contribution < 1.29 is 9.84 Å². The Balaban J connectivity index is 2.93. The first-order valence-corrected chi connectivity index (χ1v) is 5.52. The van der Waals surface area contributed by atoms with Gasteiger partial charge in [0.25, 0.3) is 0 Å². The van der Waals surface area contributed by atoms with Crippen molar-refractivity contribution in [2.45, 2.75) is 26.5 Å². The Morgan fingerprint density at radius 1 is 1.44 bits per heavy atom. The van der Waals surface area contributed by atoms with Gasteiger partial charge in [-0.15, -0.1) is 0 Å². The van der Waals surface area contributed by atoms with Crippen LogP contribution >= 0.6 is 0 Å². The SMILES string of the molecule is COCC(C)N(C)c1ccc(C)cc1CO. The summed E-state index contributed by atoms with van der Waals surface area (Å²) in [6.07, 6.45) is 0. The second-order valence-electron chi connectivity index (χ2n) is 4.21. The molecule has 0 aromatic heterocycles. The number of aryl methyl sites for hydroxylation is 1. The molecule has 1 unspecified atom stereocenters. The smallest absolute Gasteiger partial charge is 0.0702 e. The normalized spacial score (nSPS) is 12.6. The zero-order chi connectivity index (χ0) is 12.1. The highest BCUT2D eigenvalue weighted by Crippen LogP contribution is 2.22. The third-order valence-corrected chi connectivity index (χ3v) is 2.85. The molecule has 0 amide bonds. The molecule has 0 heterocycles. The van der Waals surface area contributed by atoms with Gasteiger partial charge >= 0.3 is 0 Å².